The molecule has 0 aliphatic carbocycles. The van der Waals surface area contributed by atoms with E-state index in [9.17, 15) is 14.4 Å². The average molecular weight is 312 g/mol. The minimum absolute atomic E-state index is 0.0788. The second kappa shape index (κ2) is 8.85. The van der Waals surface area contributed by atoms with Crippen LogP contribution in [0, 0.1) is 0 Å². The summed E-state index contributed by atoms with van der Waals surface area (Å²) < 4.78 is 9.78. The maximum atomic E-state index is 11.4. The first-order valence-corrected chi connectivity index (χ1v) is 6.97. The Balaban J connectivity index is 2.24. The lowest BCUT2D eigenvalue weighted by atomic mass is 10.3. The molecule has 7 nitrogen and oxygen atoms in total. The lowest BCUT2D eigenvalue weighted by Gasteiger charge is -2.05. The topological polar surface area (TPSA) is 108 Å². The summed E-state index contributed by atoms with van der Waals surface area (Å²) in [6, 6.07) is 7.20. The highest BCUT2D eigenvalue weighted by molar-refractivity contribution is 8.00. The van der Waals surface area contributed by atoms with E-state index in [2.05, 4.69) is 5.32 Å². The van der Waals surface area contributed by atoms with Crippen molar-refractivity contribution in [3.8, 4) is 5.75 Å². The maximum Gasteiger partial charge on any atom is 0.316 e. The minimum Gasteiger partial charge on any atom is -0.497 e. The fourth-order valence-electron chi connectivity index (χ4n) is 1.24. The summed E-state index contributed by atoms with van der Waals surface area (Å²) >= 11 is 1.28. The van der Waals surface area contributed by atoms with E-state index in [0.29, 0.717) is 0 Å². The Morgan fingerprint density at radius 3 is 2.48 bits per heavy atom. The molecule has 2 amide bonds. The molecule has 1 rings (SSSR count). The zero-order valence-corrected chi connectivity index (χ0v) is 12.3. The number of hydrogen-bond acceptors (Lipinski definition) is 6. The molecule has 0 heterocycles. The van der Waals surface area contributed by atoms with Crippen molar-refractivity contribution in [2.24, 2.45) is 5.73 Å². The summed E-state index contributed by atoms with van der Waals surface area (Å²) in [6.07, 6.45) is 0. The molecule has 0 aliphatic rings. The van der Waals surface area contributed by atoms with Crippen LogP contribution in [0.25, 0.3) is 0 Å². The number of amides is 2. The highest BCUT2D eigenvalue weighted by Gasteiger charge is 2.08. The van der Waals surface area contributed by atoms with Crippen molar-refractivity contribution < 1.29 is 23.9 Å². The van der Waals surface area contributed by atoms with Crippen molar-refractivity contribution in [2.45, 2.75) is 4.90 Å². The molecule has 1 aromatic carbocycles. The fourth-order valence-corrected chi connectivity index (χ4v) is 1.94. The molecule has 0 aliphatic heterocycles. The second-order valence-corrected chi connectivity index (χ2v) is 4.92. The number of rotatable bonds is 8. The quantitative estimate of drug-likeness (QED) is 0.514. The first-order valence-electron chi connectivity index (χ1n) is 5.98. The van der Waals surface area contributed by atoms with E-state index >= 15 is 0 Å². The monoisotopic (exact) mass is 312 g/mol. The van der Waals surface area contributed by atoms with E-state index in [-0.39, 0.29) is 12.3 Å². The summed E-state index contributed by atoms with van der Waals surface area (Å²) in [5.74, 6) is -0.950. The van der Waals surface area contributed by atoms with E-state index in [1.807, 2.05) is 12.1 Å². The van der Waals surface area contributed by atoms with Crippen LogP contribution in [0.1, 0.15) is 0 Å². The standard InChI is InChI=1S/C13H16N2O5S/c1-19-9-2-4-10(5-3-9)21-8-13(18)20-7-12(17)15-6-11(14)16/h2-5H,6-8H2,1H3,(H2,14,16)(H,15,17). The number of carbonyl (C=O) groups is 3. The Hall–Kier alpha value is -2.22. The van der Waals surface area contributed by atoms with Gasteiger partial charge >= 0.3 is 5.97 Å². The molecule has 0 spiro atoms. The van der Waals surface area contributed by atoms with Gasteiger partial charge in [-0.05, 0) is 24.3 Å². The predicted molar refractivity (Wildman–Crippen MR) is 76.9 cm³/mol. The van der Waals surface area contributed by atoms with Crippen molar-refractivity contribution >= 4 is 29.5 Å². The molecule has 21 heavy (non-hydrogen) atoms. The molecule has 0 atom stereocenters. The molecule has 114 valence electrons. The predicted octanol–water partition coefficient (Wildman–Crippen LogP) is -0.0680. The number of nitrogens with one attached hydrogen (secondary N) is 1. The molecule has 1 aromatic rings. The Morgan fingerprint density at radius 1 is 1.24 bits per heavy atom. The average Bonchev–Trinajstić information content (AvgIpc) is 2.49. The number of thioether (sulfide) groups is 1. The maximum absolute atomic E-state index is 11.4. The van der Waals surface area contributed by atoms with Gasteiger partial charge in [-0.2, -0.15) is 0 Å². The molecular formula is C13H16N2O5S. The Kier molecular flexibility index (Phi) is 7.10. The summed E-state index contributed by atoms with van der Waals surface area (Å²) in [5.41, 5.74) is 4.86. The number of primary amides is 1. The Labute approximate surface area is 126 Å². The van der Waals surface area contributed by atoms with Crippen molar-refractivity contribution in [1.82, 2.24) is 5.32 Å². The van der Waals surface area contributed by atoms with Crippen molar-refractivity contribution in [3.05, 3.63) is 24.3 Å². The van der Waals surface area contributed by atoms with E-state index in [4.69, 9.17) is 15.2 Å². The molecule has 3 N–H and O–H groups in total. The molecule has 0 aromatic heterocycles. The molecule has 8 heteroatoms. The van der Waals surface area contributed by atoms with Gasteiger partial charge in [-0.15, -0.1) is 11.8 Å². The number of nitrogens with two attached hydrogens (primary N) is 1. The van der Waals surface area contributed by atoms with Gasteiger partial charge in [0.15, 0.2) is 6.61 Å². The van der Waals surface area contributed by atoms with E-state index < -0.39 is 24.4 Å². The Bertz CT molecular complexity index is 504. The molecule has 0 radical (unpaired) electrons. The van der Waals surface area contributed by atoms with E-state index in [1.165, 1.54) is 11.8 Å². The highest BCUT2D eigenvalue weighted by atomic mass is 32.2. The van der Waals surface area contributed by atoms with Gasteiger partial charge < -0.3 is 20.5 Å². The van der Waals surface area contributed by atoms with Crippen LogP contribution >= 0.6 is 11.8 Å². The number of ether oxygens (including phenoxy) is 2. The van der Waals surface area contributed by atoms with Crippen LogP contribution in [0.3, 0.4) is 0 Å². The third kappa shape index (κ3) is 7.21. The zero-order valence-electron chi connectivity index (χ0n) is 11.5. The van der Waals surface area contributed by atoms with Gasteiger partial charge in [0.05, 0.1) is 19.4 Å². The number of carbonyl (C=O) groups excluding carboxylic acids is 3. The summed E-state index contributed by atoms with van der Waals surface area (Å²) in [6.45, 7) is -0.716. The van der Waals surface area contributed by atoms with Gasteiger partial charge in [-0.3, -0.25) is 14.4 Å². The summed E-state index contributed by atoms with van der Waals surface area (Å²) in [5, 5.41) is 2.21. The zero-order chi connectivity index (χ0) is 15.7. The van der Waals surface area contributed by atoms with Gasteiger partial charge in [0, 0.05) is 4.90 Å². The van der Waals surface area contributed by atoms with Gasteiger partial charge in [-0.1, -0.05) is 0 Å². The first kappa shape index (κ1) is 16.8. The minimum atomic E-state index is -0.662. The van der Waals surface area contributed by atoms with Crippen LogP contribution < -0.4 is 15.8 Å². The van der Waals surface area contributed by atoms with Crippen LogP contribution in [0.5, 0.6) is 5.75 Å². The molecule has 0 saturated carbocycles. The van der Waals surface area contributed by atoms with Crippen LogP contribution in [0.15, 0.2) is 29.2 Å². The fraction of sp³-hybridized carbons (Fsp3) is 0.308. The molecule has 0 saturated heterocycles. The molecular weight excluding hydrogens is 296 g/mol. The van der Waals surface area contributed by atoms with Crippen LogP contribution in [-0.4, -0.2) is 43.8 Å². The first-order chi connectivity index (χ1) is 10.0. The smallest absolute Gasteiger partial charge is 0.316 e. The molecule has 0 fully saturated rings. The van der Waals surface area contributed by atoms with Gasteiger partial charge in [0.1, 0.15) is 5.75 Å². The molecule has 0 unspecified atom stereocenters. The summed E-state index contributed by atoms with van der Waals surface area (Å²) in [4.78, 5) is 33.9. The number of esters is 1. The molecule has 0 bridgehead atoms. The van der Waals surface area contributed by atoms with Crippen LogP contribution in [0.4, 0.5) is 0 Å². The van der Waals surface area contributed by atoms with E-state index in [1.54, 1.807) is 19.2 Å². The lowest BCUT2D eigenvalue weighted by Crippen LogP contribution is -2.36. The van der Waals surface area contributed by atoms with Gasteiger partial charge in [0.25, 0.3) is 5.91 Å². The van der Waals surface area contributed by atoms with Gasteiger partial charge in [0.2, 0.25) is 5.91 Å². The normalized spacial score (nSPS) is 9.76. The Morgan fingerprint density at radius 2 is 1.90 bits per heavy atom. The van der Waals surface area contributed by atoms with E-state index in [0.717, 1.165) is 10.6 Å². The van der Waals surface area contributed by atoms with Crippen LogP contribution in [0.2, 0.25) is 0 Å². The van der Waals surface area contributed by atoms with Crippen molar-refractivity contribution in [1.29, 1.82) is 0 Å². The number of methoxy groups -OCH3 is 1. The van der Waals surface area contributed by atoms with Crippen molar-refractivity contribution in [2.75, 3.05) is 26.0 Å². The highest BCUT2D eigenvalue weighted by Crippen LogP contribution is 2.21. The van der Waals surface area contributed by atoms with Crippen molar-refractivity contribution in [3.63, 3.8) is 0 Å². The third-order valence-corrected chi connectivity index (χ3v) is 3.23. The largest absolute Gasteiger partial charge is 0.497 e. The number of benzene rings is 1. The number of hydrogen-bond donors (Lipinski definition) is 2. The summed E-state index contributed by atoms with van der Waals surface area (Å²) in [7, 11) is 1.57. The van der Waals surface area contributed by atoms with Crippen LogP contribution in [-0.2, 0) is 19.1 Å². The van der Waals surface area contributed by atoms with Gasteiger partial charge in [-0.25, -0.2) is 0 Å². The SMILES string of the molecule is COc1ccc(SCC(=O)OCC(=O)NCC(N)=O)cc1. The third-order valence-electron chi connectivity index (χ3n) is 2.24. The second-order valence-electron chi connectivity index (χ2n) is 3.87. The lowest BCUT2D eigenvalue weighted by molar-refractivity contribution is -0.146.